The van der Waals surface area contributed by atoms with Gasteiger partial charge < -0.3 is 10.6 Å². The molecular weight excluding hydrogens is 364 g/mol. The summed E-state index contributed by atoms with van der Waals surface area (Å²) in [5, 5.41) is 14.0. The summed E-state index contributed by atoms with van der Waals surface area (Å²) in [6.45, 7) is 1.91. The molecule has 1 unspecified atom stereocenters. The van der Waals surface area contributed by atoms with Crippen LogP contribution < -0.4 is 10.6 Å². The van der Waals surface area contributed by atoms with E-state index < -0.39 is 5.66 Å². The molecule has 2 amide bonds. The number of nitrogens with zero attached hydrogens (tertiary/aromatic N) is 2. The van der Waals surface area contributed by atoms with Crippen molar-refractivity contribution < 1.29 is 9.59 Å². The van der Waals surface area contributed by atoms with Crippen molar-refractivity contribution in [1.29, 1.82) is 0 Å². The van der Waals surface area contributed by atoms with Crippen molar-refractivity contribution in [2.45, 2.75) is 44.3 Å². The first-order chi connectivity index (χ1) is 14.0. The summed E-state index contributed by atoms with van der Waals surface area (Å²) in [7, 11) is 0. The monoisotopic (exact) mass is 388 g/mol. The molecule has 1 aliphatic rings. The molecule has 2 aromatic rings. The molecule has 0 aliphatic carbocycles. The summed E-state index contributed by atoms with van der Waals surface area (Å²) < 4.78 is 0. The smallest absolute Gasteiger partial charge is 0.255 e. The first-order valence-corrected chi connectivity index (χ1v) is 9.65. The highest BCUT2D eigenvalue weighted by Crippen LogP contribution is 2.37. The van der Waals surface area contributed by atoms with Gasteiger partial charge in [0, 0.05) is 36.9 Å². The van der Waals surface area contributed by atoms with E-state index in [-0.39, 0.29) is 17.9 Å². The van der Waals surface area contributed by atoms with Crippen molar-refractivity contribution in [3.05, 3.63) is 65.7 Å². The minimum absolute atomic E-state index is 0.0615. The van der Waals surface area contributed by atoms with Crippen LogP contribution in [0.1, 0.15) is 54.6 Å². The number of hydrogen-bond acceptors (Lipinski definition) is 4. The van der Waals surface area contributed by atoms with Crippen LogP contribution in [-0.4, -0.2) is 17.5 Å². The van der Waals surface area contributed by atoms with Crippen molar-refractivity contribution in [2.24, 2.45) is 10.2 Å². The number of carbonyl (C=O) groups excluding carboxylic acids is 2. The van der Waals surface area contributed by atoms with E-state index in [1.54, 1.807) is 12.1 Å². The largest absolute Gasteiger partial charge is 0.350 e. The third kappa shape index (κ3) is 5.76. The third-order valence-corrected chi connectivity index (χ3v) is 4.86. The molecule has 1 heterocycles. The van der Waals surface area contributed by atoms with Gasteiger partial charge in [-0.05, 0) is 36.8 Å². The molecule has 0 saturated heterocycles. The normalized spacial score (nSPS) is 14.5. The van der Waals surface area contributed by atoms with Gasteiger partial charge in [0.2, 0.25) is 5.91 Å². The highest BCUT2D eigenvalue weighted by Gasteiger charge is 2.39. The first kappa shape index (κ1) is 20.3. The van der Waals surface area contributed by atoms with Gasteiger partial charge >= 0.3 is 0 Å². The molecule has 3 rings (SSSR count). The molecule has 0 saturated carbocycles. The van der Waals surface area contributed by atoms with Gasteiger partial charge in [0.1, 0.15) is 0 Å². The van der Waals surface area contributed by atoms with Crippen molar-refractivity contribution >= 4 is 17.5 Å². The quantitative estimate of drug-likeness (QED) is 0.621. The zero-order chi connectivity index (χ0) is 20.7. The molecule has 6 nitrogen and oxygen atoms in total. The zero-order valence-corrected chi connectivity index (χ0v) is 16.4. The van der Waals surface area contributed by atoms with E-state index in [1.165, 1.54) is 0 Å². The zero-order valence-electron chi connectivity index (χ0n) is 16.4. The Bertz CT molecular complexity index is 941. The topological polar surface area (TPSA) is 82.9 Å². The van der Waals surface area contributed by atoms with Gasteiger partial charge in [-0.3, -0.25) is 9.59 Å². The number of nitrogens with one attached hydrogen (secondary N) is 2. The van der Waals surface area contributed by atoms with Crippen molar-refractivity contribution in [3.8, 4) is 12.3 Å². The minimum atomic E-state index is -0.450. The lowest BCUT2D eigenvalue weighted by Gasteiger charge is -2.16. The minimum Gasteiger partial charge on any atom is -0.350 e. The molecule has 6 heteroatoms. The van der Waals surface area contributed by atoms with Crippen LogP contribution in [0.5, 0.6) is 0 Å². The van der Waals surface area contributed by atoms with E-state index in [0.29, 0.717) is 36.9 Å². The number of amides is 2. The van der Waals surface area contributed by atoms with Crippen LogP contribution in [0.15, 0.2) is 64.8 Å². The summed E-state index contributed by atoms with van der Waals surface area (Å²) in [4.78, 5) is 24.6. The summed E-state index contributed by atoms with van der Waals surface area (Å²) >= 11 is 0. The Morgan fingerprint density at radius 3 is 2.55 bits per heavy atom. The second-order valence-electron chi connectivity index (χ2n) is 7.12. The van der Waals surface area contributed by atoms with Gasteiger partial charge in [-0.1, -0.05) is 30.3 Å². The Morgan fingerprint density at radius 2 is 1.86 bits per heavy atom. The SMILES string of the molecule is C#CCCC1(CCC(=O)NC(C)c2cccc(NC(=O)c3ccccc3)c2)N=N1. The maximum atomic E-state index is 12.3. The lowest BCUT2D eigenvalue weighted by Crippen LogP contribution is -2.28. The number of terminal acetylenes is 1. The predicted octanol–water partition coefficient (Wildman–Crippen LogP) is 4.47. The van der Waals surface area contributed by atoms with Crippen LogP contribution in [0.25, 0.3) is 0 Å². The standard InChI is InChI=1S/C23H24N4O2/c1-3-4-14-23(26-27-23)15-13-21(28)24-17(2)19-11-8-12-20(16-19)25-22(29)18-9-6-5-7-10-18/h1,5-12,16-17H,4,13-15H2,2H3,(H,24,28)(H,25,29). The fourth-order valence-electron chi connectivity index (χ4n) is 3.06. The van der Waals surface area contributed by atoms with Gasteiger partial charge in [-0.25, -0.2) is 0 Å². The van der Waals surface area contributed by atoms with Gasteiger partial charge in [-0.15, -0.1) is 12.3 Å². The highest BCUT2D eigenvalue weighted by atomic mass is 16.2. The van der Waals surface area contributed by atoms with E-state index in [4.69, 9.17) is 6.42 Å². The third-order valence-electron chi connectivity index (χ3n) is 4.86. The van der Waals surface area contributed by atoms with Crippen LogP contribution in [-0.2, 0) is 4.79 Å². The Kier molecular flexibility index (Phi) is 6.40. The molecule has 2 N–H and O–H groups in total. The molecule has 0 radical (unpaired) electrons. The average molecular weight is 388 g/mol. The van der Waals surface area contributed by atoms with Crippen LogP contribution >= 0.6 is 0 Å². The lowest BCUT2D eigenvalue weighted by molar-refractivity contribution is -0.122. The van der Waals surface area contributed by atoms with Gasteiger partial charge in [0.05, 0.1) is 6.04 Å². The molecule has 0 bridgehead atoms. The number of benzene rings is 2. The second kappa shape index (κ2) is 9.16. The molecule has 2 aromatic carbocycles. The first-order valence-electron chi connectivity index (χ1n) is 9.65. The van der Waals surface area contributed by atoms with Crippen molar-refractivity contribution in [3.63, 3.8) is 0 Å². The summed E-state index contributed by atoms with van der Waals surface area (Å²) in [5.41, 5.74) is 1.73. The molecule has 148 valence electrons. The Hall–Kier alpha value is -3.46. The summed E-state index contributed by atoms with van der Waals surface area (Å²) in [6.07, 6.45) is 7.49. The number of anilines is 1. The van der Waals surface area contributed by atoms with E-state index in [1.807, 2.05) is 49.4 Å². The molecular formula is C23H24N4O2. The Balaban J connectivity index is 1.52. The van der Waals surface area contributed by atoms with Crippen molar-refractivity contribution in [2.75, 3.05) is 5.32 Å². The van der Waals surface area contributed by atoms with Crippen LogP contribution in [0.3, 0.4) is 0 Å². The predicted molar refractivity (Wildman–Crippen MR) is 112 cm³/mol. The summed E-state index contributed by atoms with van der Waals surface area (Å²) in [5.74, 6) is 2.35. The molecule has 1 aliphatic heterocycles. The molecule has 1 atom stereocenters. The maximum Gasteiger partial charge on any atom is 0.255 e. The Labute approximate surface area is 170 Å². The number of carbonyl (C=O) groups is 2. The van der Waals surface area contributed by atoms with Gasteiger partial charge in [0.25, 0.3) is 5.91 Å². The lowest BCUT2D eigenvalue weighted by atomic mass is 10.0. The van der Waals surface area contributed by atoms with E-state index in [9.17, 15) is 9.59 Å². The second-order valence-corrected chi connectivity index (χ2v) is 7.12. The average Bonchev–Trinajstić information content (AvgIpc) is 3.52. The maximum absolute atomic E-state index is 12.3. The van der Waals surface area contributed by atoms with Gasteiger partial charge in [0.15, 0.2) is 5.66 Å². The molecule has 0 spiro atoms. The van der Waals surface area contributed by atoms with E-state index >= 15 is 0 Å². The Morgan fingerprint density at radius 1 is 1.10 bits per heavy atom. The van der Waals surface area contributed by atoms with Crippen LogP contribution in [0, 0.1) is 12.3 Å². The van der Waals surface area contributed by atoms with Crippen molar-refractivity contribution in [1.82, 2.24) is 5.32 Å². The van der Waals surface area contributed by atoms with Gasteiger partial charge in [-0.2, -0.15) is 10.2 Å². The molecule has 29 heavy (non-hydrogen) atoms. The summed E-state index contributed by atoms with van der Waals surface area (Å²) in [6, 6.07) is 16.3. The number of hydrogen-bond donors (Lipinski definition) is 2. The van der Waals surface area contributed by atoms with E-state index in [2.05, 4.69) is 26.8 Å². The molecule has 0 fully saturated rings. The van der Waals surface area contributed by atoms with Crippen LogP contribution in [0.4, 0.5) is 5.69 Å². The molecule has 0 aromatic heterocycles. The highest BCUT2D eigenvalue weighted by molar-refractivity contribution is 6.04. The number of rotatable bonds is 9. The van der Waals surface area contributed by atoms with Crippen LogP contribution in [0.2, 0.25) is 0 Å². The fourth-order valence-corrected chi connectivity index (χ4v) is 3.06. The van der Waals surface area contributed by atoms with E-state index in [0.717, 1.165) is 5.56 Å². The fraction of sp³-hybridized carbons (Fsp3) is 0.304.